The number of aldehydes is 2. The molecule has 0 aliphatic carbocycles. The molecule has 20 heavy (non-hydrogen) atoms. The largest absolute Gasteiger partial charge is 0.298 e. The highest BCUT2D eigenvalue weighted by molar-refractivity contribution is 9.10. The number of hydrogen-bond acceptors (Lipinski definition) is 4. The lowest BCUT2D eigenvalue weighted by Gasteiger charge is -1.97. The molecule has 0 unspecified atom stereocenters. The van der Waals surface area contributed by atoms with Gasteiger partial charge in [0.2, 0.25) is 0 Å². The summed E-state index contributed by atoms with van der Waals surface area (Å²) in [6, 6.07) is 3.47. The molecule has 0 aliphatic rings. The van der Waals surface area contributed by atoms with Crippen molar-refractivity contribution in [3.8, 4) is 0 Å². The van der Waals surface area contributed by atoms with E-state index in [4.69, 9.17) is 0 Å². The van der Waals surface area contributed by atoms with Crippen LogP contribution in [0.15, 0.2) is 48.0 Å². The van der Waals surface area contributed by atoms with Crippen LogP contribution in [-0.4, -0.2) is 22.5 Å². The van der Waals surface area contributed by atoms with Crippen molar-refractivity contribution in [3.63, 3.8) is 0 Å². The van der Waals surface area contributed by atoms with Crippen molar-refractivity contribution >= 4 is 34.1 Å². The Hall–Kier alpha value is -2.14. The second-order valence-electron chi connectivity index (χ2n) is 3.96. The summed E-state index contributed by atoms with van der Waals surface area (Å²) >= 11 is 3.18. The second kappa shape index (κ2) is 8.12. The summed E-state index contributed by atoms with van der Waals surface area (Å²) in [5, 5.41) is 0. The average Bonchev–Trinajstić information content (AvgIpc) is 2.48. The maximum Gasteiger partial charge on any atom is 0.151 e. The van der Waals surface area contributed by atoms with E-state index in [0.29, 0.717) is 11.1 Å². The van der Waals surface area contributed by atoms with Gasteiger partial charge in [0.05, 0.1) is 0 Å². The molecule has 0 aromatic carbocycles. The third-order valence-corrected chi connectivity index (χ3v) is 2.68. The third kappa shape index (κ3) is 5.24. The highest BCUT2D eigenvalue weighted by Gasteiger charge is 1.94. The molecule has 0 N–H and O–H groups in total. The Bertz CT molecular complexity index is 627. The van der Waals surface area contributed by atoms with Crippen molar-refractivity contribution in [1.29, 1.82) is 0 Å². The predicted molar refractivity (Wildman–Crippen MR) is 81.7 cm³/mol. The number of carbonyl (C=O) groups is 2. The lowest BCUT2D eigenvalue weighted by Crippen LogP contribution is -1.85. The molecule has 0 fully saturated rings. The van der Waals surface area contributed by atoms with Crippen LogP contribution in [0.25, 0.3) is 5.57 Å². The topological polar surface area (TPSA) is 59.9 Å². The van der Waals surface area contributed by atoms with Gasteiger partial charge in [-0.25, -0.2) is 0 Å². The van der Waals surface area contributed by atoms with Crippen LogP contribution < -0.4 is 0 Å². The summed E-state index contributed by atoms with van der Waals surface area (Å²) in [5.41, 5.74) is 3.01. The van der Waals surface area contributed by atoms with Crippen LogP contribution in [0.1, 0.15) is 33.2 Å². The molecule has 2 aromatic heterocycles. The highest BCUT2D eigenvalue weighted by atomic mass is 79.9. The van der Waals surface area contributed by atoms with Crippen molar-refractivity contribution in [2.75, 3.05) is 0 Å². The molecule has 2 heterocycles. The zero-order chi connectivity index (χ0) is 15.0. The van der Waals surface area contributed by atoms with E-state index in [1.54, 1.807) is 24.5 Å². The zero-order valence-corrected chi connectivity index (χ0v) is 12.5. The number of carbonyl (C=O) groups excluding carboxylic acids is 2. The van der Waals surface area contributed by atoms with Gasteiger partial charge in [-0.3, -0.25) is 19.6 Å². The average molecular weight is 333 g/mol. The number of pyridine rings is 2. The summed E-state index contributed by atoms with van der Waals surface area (Å²) < 4.78 is 0.826. The normalized spacial score (nSPS) is 9.10. The van der Waals surface area contributed by atoms with Crippen molar-refractivity contribution in [2.45, 2.75) is 6.92 Å². The van der Waals surface area contributed by atoms with Crippen molar-refractivity contribution in [1.82, 2.24) is 9.97 Å². The van der Waals surface area contributed by atoms with Crippen molar-refractivity contribution in [3.05, 3.63) is 64.7 Å². The van der Waals surface area contributed by atoms with Gasteiger partial charge in [-0.15, -0.1) is 0 Å². The SMILES string of the molecule is C=C(C)c1cncc(C=O)c1.O=Cc1cncc(Br)c1. The monoisotopic (exact) mass is 332 g/mol. The number of halogens is 1. The van der Waals surface area contributed by atoms with Gasteiger partial charge < -0.3 is 0 Å². The Labute approximate surface area is 125 Å². The first-order chi connectivity index (χ1) is 9.56. The van der Waals surface area contributed by atoms with Gasteiger partial charge in [0.25, 0.3) is 0 Å². The molecule has 102 valence electrons. The van der Waals surface area contributed by atoms with E-state index in [2.05, 4.69) is 32.5 Å². The van der Waals surface area contributed by atoms with Gasteiger partial charge in [-0.05, 0) is 46.1 Å². The highest BCUT2D eigenvalue weighted by Crippen LogP contribution is 2.10. The number of aromatic nitrogens is 2. The summed E-state index contributed by atoms with van der Waals surface area (Å²) in [5.74, 6) is 0. The van der Waals surface area contributed by atoms with Crippen LogP contribution >= 0.6 is 15.9 Å². The van der Waals surface area contributed by atoms with E-state index >= 15 is 0 Å². The van der Waals surface area contributed by atoms with Crippen LogP contribution in [0.4, 0.5) is 0 Å². The molecule has 0 saturated carbocycles. The molecule has 2 rings (SSSR count). The summed E-state index contributed by atoms with van der Waals surface area (Å²) in [4.78, 5) is 28.1. The molecule has 0 amide bonds. The Balaban J connectivity index is 0.000000204. The molecule has 0 radical (unpaired) electrons. The fourth-order valence-electron chi connectivity index (χ4n) is 1.25. The number of nitrogens with zero attached hydrogens (tertiary/aromatic N) is 2. The molecule has 4 nitrogen and oxygen atoms in total. The molecule has 2 aromatic rings. The van der Waals surface area contributed by atoms with Gasteiger partial charge in [0, 0.05) is 40.4 Å². The first kappa shape index (κ1) is 15.9. The van der Waals surface area contributed by atoms with E-state index in [1.807, 2.05) is 6.92 Å². The Morgan fingerprint density at radius 2 is 1.60 bits per heavy atom. The van der Waals surface area contributed by atoms with E-state index in [0.717, 1.165) is 28.2 Å². The first-order valence-electron chi connectivity index (χ1n) is 5.68. The molecular formula is C15H13BrN2O2. The molecule has 0 atom stereocenters. The van der Waals surface area contributed by atoms with Crippen LogP contribution in [0.3, 0.4) is 0 Å². The smallest absolute Gasteiger partial charge is 0.151 e. The van der Waals surface area contributed by atoms with Gasteiger partial charge in [0.1, 0.15) is 0 Å². The molecule has 5 heteroatoms. The number of allylic oxidation sites excluding steroid dienone is 1. The van der Waals surface area contributed by atoms with Crippen LogP contribution in [0.5, 0.6) is 0 Å². The van der Waals surface area contributed by atoms with Gasteiger partial charge >= 0.3 is 0 Å². The maximum absolute atomic E-state index is 10.3. The summed E-state index contributed by atoms with van der Waals surface area (Å²) in [6.07, 6.45) is 7.90. The van der Waals surface area contributed by atoms with Crippen LogP contribution in [0, 0.1) is 0 Å². The Kier molecular flexibility index (Phi) is 6.46. The van der Waals surface area contributed by atoms with Gasteiger partial charge in [-0.1, -0.05) is 6.58 Å². The van der Waals surface area contributed by atoms with Gasteiger partial charge in [-0.2, -0.15) is 0 Å². The minimum Gasteiger partial charge on any atom is -0.298 e. The minimum absolute atomic E-state index is 0.587. The molecule has 0 aliphatic heterocycles. The number of hydrogen-bond donors (Lipinski definition) is 0. The summed E-state index contributed by atoms with van der Waals surface area (Å²) in [7, 11) is 0. The minimum atomic E-state index is 0.587. The van der Waals surface area contributed by atoms with E-state index < -0.39 is 0 Å². The molecule has 0 saturated heterocycles. The van der Waals surface area contributed by atoms with E-state index in [1.165, 1.54) is 12.4 Å². The maximum atomic E-state index is 10.3. The zero-order valence-electron chi connectivity index (χ0n) is 10.9. The number of rotatable bonds is 3. The van der Waals surface area contributed by atoms with Crippen LogP contribution in [0.2, 0.25) is 0 Å². The summed E-state index contributed by atoms with van der Waals surface area (Å²) in [6.45, 7) is 5.63. The van der Waals surface area contributed by atoms with Crippen LogP contribution in [-0.2, 0) is 0 Å². The fourth-order valence-corrected chi connectivity index (χ4v) is 1.63. The van der Waals surface area contributed by atoms with E-state index in [9.17, 15) is 9.59 Å². The van der Waals surface area contributed by atoms with Crippen molar-refractivity contribution in [2.24, 2.45) is 0 Å². The molecule has 0 spiro atoms. The third-order valence-electron chi connectivity index (χ3n) is 2.25. The Morgan fingerprint density at radius 1 is 1.05 bits per heavy atom. The first-order valence-corrected chi connectivity index (χ1v) is 6.48. The lowest BCUT2D eigenvalue weighted by molar-refractivity contribution is 0.111. The standard InChI is InChI=1S/C9H9NO.C6H4BrNO/c1-7(2)9-3-8(6-11)4-10-5-9;7-6-1-5(4-9)2-8-3-6/h3-6H,1H2,2H3;1-4H. The Morgan fingerprint density at radius 3 is 2.05 bits per heavy atom. The lowest BCUT2D eigenvalue weighted by atomic mass is 10.1. The predicted octanol–water partition coefficient (Wildman–Crippen LogP) is 3.58. The van der Waals surface area contributed by atoms with Crippen molar-refractivity contribution < 1.29 is 9.59 Å². The second-order valence-corrected chi connectivity index (χ2v) is 4.88. The van der Waals surface area contributed by atoms with E-state index in [-0.39, 0.29) is 0 Å². The molecule has 0 bridgehead atoms. The fraction of sp³-hybridized carbons (Fsp3) is 0.0667. The quantitative estimate of drug-likeness (QED) is 0.806. The molecular weight excluding hydrogens is 320 g/mol. The van der Waals surface area contributed by atoms with Gasteiger partial charge in [0.15, 0.2) is 12.6 Å².